The molecule has 24 heavy (non-hydrogen) atoms. The van der Waals surface area contributed by atoms with E-state index in [-0.39, 0.29) is 0 Å². The topological polar surface area (TPSA) is 60.4 Å². The van der Waals surface area contributed by atoms with Crippen molar-refractivity contribution >= 4 is 45.2 Å². The lowest BCUT2D eigenvalue weighted by atomic mass is 10.2. The molecule has 0 fully saturated rings. The standard InChI is InChI=1S/C16H16I2N4O2/c17-15-16(18,13-20-9-5-2-6-10-20)22(24)14(12-21(15)23)11-19-7-3-1-4-8-19/h1-10,12,15H,11,13H2. The molecule has 0 saturated carbocycles. The van der Waals surface area contributed by atoms with Crippen LogP contribution in [0.5, 0.6) is 0 Å². The SMILES string of the molecule is [O-]N1C=C(C[n+]2ccccc2)N([O-])C(I)(C[n+]2ccccc2)C1I. The number of halogens is 2. The second-order valence-corrected chi connectivity index (χ2v) is 8.57. The Kier molecular flexibility index (Phi) is 5.57. The number of pyridine rings is 2. The Bertz CT molecular complexity index is 717. The molecule has 2 aromatic rings. The van der Waals surface area contributed by atoms with Crippen LogP contribution in [-0.4, -0.2) is 17.7 Å². The van der Waals surface area contributed by atoms with Crippen molar-refractivity contribution in [3.63, 3.8) is 0 Å². The predicted molar refractivity (Wildman–Crippen MR) is 106 cm³/mol. The second kappa shape index (κ2) is 7.50. The van der Waals surface area contributed by atoms with Crippen LogP contribution in [0.4, 0.5) is 0 Å². The van der Waals surface area contributed by atoms with Crippen molar-refractivity contribution in [1.29, 1.82) is 0 Å². The van der Waals surface area contributed by atoms with Gasteiger partial charge in [-0.25, -0.2) is 4.57 Å². The molecule has 0 radical (unpaired) electrons. The normalized spacial score (nSPS) is 24.0. The van der Waals surface area contributed by atoms with Gasteiger partial charge in [-0.1, -0.05) is 34.7 Å². The molecule has 2 aromatic heterocycles. The molecular weight excluding hydrogens is 534 g/mol. The first-order valence-corrected chi connectivity index (χ1v) is 9.68. The van der Waals surface area contributed by atoms with Crippen LogP contribution < -0.4 is 9.13 Å². The number of hydroxylamine groups is 4. The maximum atomic E-state index is 13.1. The number of nitrogens with zero attached hydrogens (tertiary/aromatic N) is 4. The lowest BCUT2D eigenvalue weighted by Crippen LogP contribution is -2.62. The van der Waals surface area contributed by atoms with Gasteiger partial charge in [-0.05, 0) is 22.6 Å². The summed E-state index contributed by atoms with van der Waals surface area (Å²) in [6, 6.07) is 11.4. The summed E-state index contributed by atoms with van der Waals surface area (Å²) >= 11 is 4.16. The zero-order valence-corrected chi connectivity index (χ0v) is 17.0. The van der Waals surface area contributed by atoms with Crippen LogP contribution >= 0.6 is 45.2 Å². The number of hydrogen-bond acceptors (Lipinski definition) is 4. The van der Waals surface area contributed by atoms with E-state index in [1.807, 2.05) is 92.9 Å². The third-order valence-electron chi connectivity index (χ3n) is 3.77. The molecule has 6 nitrogen and oxygen atoms in total. The number of aromatic nitrogens is 2. The highest BCUT2D eigenvalue weighted by Crippen LogP contribution is 2.40. The van der Waals surface area contributed by atoms with Crippen molar-refractivity contribution in [3.8, 4) is 0 Å². The lowest BCUT2D eigenvalue weighted by Gasteiger charge is -2.55. The summed E-state index contributed by atoms with van der Waals surface area (Å²) < 4.78 is 2.41. The van der Waals surface area contributed by atoms with Gasteiger partial charge in [-0.3, -0.25) is 0 Å². The molecule has 0 saturated heterocycles. The first-order valence-electron chi connectivity index (χ1n) is 7.35. The summed E-state index contributed by atoms with van der Waals surface area (Å²) in [4.78, 5) is 0. The van der Waals surface area contributed by atoms with E-state index in [4.69, 9.17) is 0 Å². The highest BCUT2D eigenvalue weighted by Gasteiger charge is 2.45. The summed E-state index contributed by atoms with van der Waals surface area (Å²) in [6.07, 6.45) is 8.95. The van der Waals surface area contributed by atoms with Crippen molar-refractivity contribution in [2.24, 2.45) is 0 Å². The average Bonchev–Trinajstić information content (AvgIpc) is 2.60. The molecular formula is C16H16I2N4O2. The van der Waals surface area contributed by atoms with E-state index in [1.165, 1.54) is 6.20 Å². The zero-order chi connectivity index (χ0) is 17.2. The zero-order valence-electron chi connectivity index (χ0n) is 12.7. The van der Waals surface area contributed by atoms with Crippen molar-refractivity contribution in [3.05, 3.63) is 83.5 Å². The lowest BCUT2D eigenvalue weighted by molar-refractivity contribution is -0.704. The van der Waals surface area contributed by atoms with Gasteiger partial charge in [-0.15, -0.1) is 0 Å². The van der Waals surface area contributed by atoms with Crippen molar-refractivity contribution in [2.75, 3.05) is 0 Å². The molecule has 0 N–H and O–H groups in total. The minimum atomic E-state index is -0.897. The molecule has 3 rings (SSSR count). The highest BCUT2D eigenvalue weighted by molar-refractivity contribution is 14.1. The van der Waals surface area contributed by atoms with Gasteiger partial charge >= 0.3 is 0 Å². The van der Waals surface area contributed by atoms with Gasteiger partial charge in [0.1, 0.15) is 4.05 Å². The molecule has 2 atom stereocenters. The van der Waals surface area contributed by atoms with Crippen molar-refractivity contribution in [2.45, 2.75) is 20.7 Å². The molecule has 3 heterocycles. The fourth-order valence-corrected chi connectivity index (χ4v) is 4.15. The summed E-state index contributed by atoms with van der Waals surface area (Å²) in [6.45, 7) is 0.775. The van der Waals surface area contributed by atoms with E-state index in [1.54, 1.807) is 0 Å². The van der Waals surface area contributed by atoms with Crippen LogP contribution in [0, 0.1) is 10.4 Å². The van der Waals surface area contributed by atoms with Crippen LogP contribution in [0.25, 0.3) is 0 Å². The Morgan fingerprint density at radius 1 is 0.958 bits per heavy atom. The fraction of sp³-hybridized carbons (Fsp3) is 0.250. The number of rotatable bonds is 4. The highest BCUT2D eigenvalue weighted by atomic mass is 127. The first kappa shape index (κ1) is 17.8. The van der Waals surface area contributed by atoms with E-state index in [2.05, 4.69) is 22.6 Å². The smallest absolute Gasteiger partial charge is 0.188 e. The van der Waals surface area contributed by atoms with E-state index in [0.717, 1.165) is 10.1 Å². The van der Waals surface area contributed by atoms with Gasteiger partial charge in [0, 0.05) is 30.5 Å². The van der Waals surface area contributed by atoms with E-state index in [0.29, 0.717) is 18.8 Å². The molecule has 0 spiro atoms. The van der Waals surface area contributed by atoms with Crippen molar-refractivity contribution in [1.82, 2.24) is 10.1 Å². The van der Waals surface area contributed by atoms with Gasteiger partial charge in [0.2, 0.25) is 0 Å². The molecule has 1 aliphatic heterocycles. The minimum absolute atomic E-state index is 0.358. The number of hydrogen-bond donors (Lipinski definition) is 0. The monoisotopic (exact) mass is 550 g/mol. The Morgan fingerprint density at radius 3 is 2.08 bits per heavy atom. The van der Waals surface area contributed by atoms with Crippen LogP contribution in [-0.2, 0) is 13.1 Å². The number of alkyl halides is 2. The van der Waals surface area contributed by atoms with Gasteiger partial charge < -0.3 is 20.5 Å². The molecule has 1 aliphatic rings. The fourth-order valence-electron chi connectivity index (χ4n) is 2.56. The number of allylic oxidation sites excluding steroid dienone is 1. The minimum Gasteiger partial charge on any atom is -0.758 e. The second-order valence-electron chi connectivity index (χ2n) is 5.52. The Hall–Kier alpha value is -0.980. The largest absolute Gasteiger partial charge is 0.758 e. The van der Waals surface area contributed by atoms with Gasteiger partial charge in [0.15, 0.2) is 41.4 Å². The molecule has 0 bridgehead atoms. The van der Waals surface area contributed by atoms with Crippen LogP contribution in [0.15, 0.2) is 73.1 Å². The maximum Gasteiger partial charge on any atom is 0.188 e. The third kappa shape index (κ3) is 3.65. The molecule has 8 heteroatoms. The van der Waals surface area contributed by atoms with Crippen LogP contribution in [0.2, 0.25) is 0 Å². The quantitative estimate of drug-likeness (QED) is 0.254. The molecule has 126 valence electrons. The van der Waals surface area contributed by atoms with Crippen molar-refractivity contribution < 1.29 is 9.13 Å². The summed E-state index contributed by atoms with van der Waals surface area (Å²) in [5, 5.41) is 27.3. The predicted octanol–water partition coefficient (Wildman–Crippen LogP) is 2.31. The summed E-state index contributed by atoms with van der Waals surface area (Å²) in [5.41, 5.74) is 0.444. The Morgan fingerprint density at radius 2 is 1.50 bits per heavy atom. The molecule has 0 aromatic carbocycles. The van der Waals surface area contributed by atoms with Crippen LogP contribution in [0.3, 0.4) is 0 Å². The van der Waals surface area contributed by atoms with Gasteiger partial charge in [0.05, 0.1) is 5.70 Å². The Balaban J connectivity index is 1.88. The van der Waals surface area contributed by atoms with E-state index >= 15 is 0 Å². The average molecular weight is 550 g/mol. The first-order chi connectivity index (χ1) is 11.5. The maximum absolute atomic E-state index is 13.1. The third-order valence-corrected chi connectivity index (χ3v) is 7.91. The molecule has 0 amide bonds. The summed E-state index contributed by atoms with van der Waals surface area (Å²) in [5.74, 6) is 0. The van der Waals surface area contributed by atoms with Gasteiger partial charge in [-0.2, -0.15) is 4.57 Å². The molecule has 2 unspecified atom stereocenters. The Labute approximate surface area is 167 Å². The summed E-state index contributed by atoms with van der Waals surface area (Å²) in [7, 11) is 0. The molecule has 0 aliphatic carbocycles. The van der Waals surface area contributed by atoms with E-state index in [9.17, 15) is 10.4 Å². The van der Waals surface area contributed by atoms with Crippen LogP contribution in [0.1, 0.15) is 0 Å². The van der Waals surface area contributed by atoms with Gasteiger partial charge in [0.25, 0.3) is 0 Å². The van der Waals surface area contributed by atoms with E-state index < -0.39 is 7.59 Å².